The fourth-order valence-corrected chi connectivity index (χ4v) is 1.94. The fraction of sp³-hybridized carbons (Fsp3) is 0. The molecule has 0 amide bonds. The summed E-state index contributed by atoms with van der Waals surface area (Å²) in [6, 6.07) is 14.2. The normalized spacial score (nSPS) is 12.6. The average Bonchev–Trinajstić information content (AvgIpc) is 2.23. The van der Waals surface area contributed by atoms with Crippen molar-refractivity contribution in [2.75, 3.05) is 0 Å². The van der Waals surface area contributed by atoms with Crippen LogP contribution >= 0.6 is 15.9 Å². The number of halogens is 1. The third-order valence-corrected chi connectivity index (χ3v) is 2.87. The van der Waals surface area contributed by atoms with E-state index in [2.05, 4.69) is 41.2 Å². The Morgan fingerprint density at radius 3 is 2.20 bits per heavy atom. The molecule has 0 saturated carbocycles. The zero-order valence-electron chi connectivity index (χ0n) is 8.33. The minimum atomic E-state index is 1.02. The van der Waals surface area contributed by atoms with Crippen molar-refractivity contribution in [3.63, 3.8) is 0 Å². The highest BCUT2D eigenvalue weighted by molar-refractivity contribution is 9.10. The van der Waals surface area contributed by atoms with Gasteiger partial charge in [0.25, 0.3) is 0 Å². The summed E-state index contributed by atoms with van der Waals surface area (Å²) in [4.78, 5) is 0. The SMILES string of the molecule is C=c1cccc/c1=c1\cc(Br)ccc1=C. The summed E-state index contributed by atoms with van der Waals surface area (Å²) in [6.45, 7) is 8.06. The number of rotatable bonds is 0. The lowest BCUT2D eigenvalue weighted by molar-refractivity contribution is 1.40. The van der Waals surface area contributed by atoms with Gasteiger partial charge in [0.2, 0.25) is 0 Å². The molecule has 0 N–H and O–H groups in total. The van der Waals surface area contributed by atoms with E-state index in [4.69, 9.17) is 0 Å². The summed E-state index contributed by atoms with van der Waals surface area (Å²) in [5.41, 5.74) is 0. The highest BCUT2D eigenvalue weighted by Crippen LogP contribution is 2.05. The third kappa shape index (κ3) is 2.02. The van der Waals surface area contributed by atoms with E-state index in [1.165, 1.54) is 0 Å². The Morgan fingerprint density at radius 2 is 1.47 bits per heavy atom. The quantitative estimate of drug-likeness (QED) is 0.682. The molecule has 0 aliphatic carbocycles. The van der Waals surface area contributed by atoms with Crippen molar-refractivity contribution in [2.45, 2.75) is 0 Å². The molecule has 0 saturated heterocycles. The molecule has 0 spiro atoms. The molecule has 1 heteroatoms. The maximum Gasteiger partial charge on any atom is 0.0181 e. The number of hydrogen-bond donors (Lipinski definition) is 0. The minimum Gasteiger partial charge on any atom is -0.0911 e. The molecule has 2 rings (SSSR count). The number of hydrogen-bond acceptors (Lipinski definition) is 0. The van der Waals surface area contributed by atoms with E-state index >= 15 is 0 Å². The summed E-state index contributed by atoms with van der Waals surface area (Å²) in [6.07, 6.45) is 0. The first kappa shape index (κ1) is 10.2. The lowest BCUT2D eigenvalue weighted by atomic mass is 10.1. The van der Waals surface area contributed by atoms with Gasteiger partial charge in [-0.2, -0.15) is 0 Å². The lowest BCUT2D eigenvalue weighted by Crippen LogP contribution is -2.06. The van der Waals surface area contributed by atoms with Crippen LogP contribution in [0.4, 0.5) is 0 Å². The second kappa shape index (κ2) is 4.03. The van der Waals surface area contributed by atoms with Crippen LogP contribution in [0.15, 0.2) is 46.9 Å². The smallest absolute Gasteiger partial charge is 0.0181 e. The first-order valence-electron chi connectivity index (χ1n) is 4.71. The molecule has 2 aromatic carbocycles. The molecular formula is C14H11Br. The van der Waals surface area contributed by atoms with Crippen LogP contribution in [0, 0.1) is 10.4 Å². The summed E-state index contributed by atoms with van der Waals surface area (Å²) in [5.74, 6) is 0. The van der Waals surface area contributed by atoms with Crippen LogP contribution in [0.3, 0.4) is 0 Å². The van der Waals surface area contributed by atoms with E-state index in [9.17, 15) is 0 Å². The van der Waals surface area contributed by atoms with Gasteiger partial charge in [-0.1, -0.05) is 59.4 Å². The van der Waals surface area contributed by atoms with Crippen molar-refractivity contribution >= 4 is 29.1 Å². The minimum absolute atomic E-state index is 1.02. The fourth-order valence-electron chi connectivity index (χ4n) is 1.58. The molecule has 0 aromatic heterocycles. The van der Waals surface area contributed by atoms with Crippen molar-refractivity contribution in [3.05, 3.63) is 67.8 Å². The Labute approximate surface area is 97.0 Å². The van der Waals surface area contributed by atoms with Gasteiger partial charge in [-0.05, 0) is 33.0 Å². The molecule has 0 aliphatic rings. The van der Waals surface area contributed by atoms with E-state index < -0.39 is 0 Å². The zero-order chi connectivity index (χ0) is 10.8. The molecule has 0 fully saturated rings. The Kier molecular flexibility index (Phi) is 2.74. The van der Waals surface area contributed by atoms with Crippen LogP contribution in [0.2, 0.25) is 0 Å². The predicted molar refractivity (Wildman–Crippen MR) is 68.6 cm³/mol. The van der Waals surface area contributed by atoms with E-state index in [0.29, 0.717) is 0 Å². The summed E-state index contributed by atoms with van der Waals surface area (Å²) < 4.78 is 1.06. The van der Waals surface area contributed by atoms with Gasteiger partial charge < -0.3 is 0 Å². The molecular weight excluding hydrogens is 248 g/mol. The molecule has 0 unspecified atom stereocenters. The van der Waals surface area contributed by atoms with Crippen LogP contribution in [-0.2, 0) is 0 Å². The van der Waals surface area contributed by atoms with Gasteiger partial charge >= 0.3 is 0 Å². The Hall–Kier alpha value is -1.34. The van der Waals surface area contributed by atoms with Gasteiger partial charge in [0.1, 0.15) is 0 Å². The van der Waals surface area contributed by atoms with E-state index in [-0.39, 0.29) is 0 Å². The van der Waals surface area contributed by atoms with Crippen LogP contribution in [-0.4, -0.2) is 0 Å². The topological polar surface area (TPSA) is 0 Å². The number of benzene rings is 2. The Morgan fingerprint density at radius 1 is 0.800 bits per heavy atom. The average molecular weight is 259 g/mol. The van der Waals surface area contributed by atoms with Gasteiger partial charge in [-0.15, -0.1) is 0 Å². The maximum atomic E-state index is 4.03. The highest BCUT2D eigenvalue weighted by Gasteiger charge is 1.89. The lowest BCUT2D eigenvalue weighted by Gasteiger charge is -1.93. The zero-order valence-corrected chi connectivity index (χ0v) is 9.92. The monoisotopic (exact) mass is 258 g/mol. The first-order chi connectivity index (χ1) is 7.18. The van der Waals surface area contributed by atoms with Crippen LogP contribution < -0.4 is 10.4 Å². The second-order valence-electron chi connectivity index (χ2n) is 3.46. The van der Waals surface area contributed by atoms with E-state index in [1.54, 1.807) is 0 Å². The summed E-state index contributed by atoms with van der Waals surface area (Å²) >= 11 is 3.47. The first-order valence-corrected chi connectivity index (χ1v) is 5.50. The molecule has 2 aromatic rings. The van der Waals surface area contributed by atoms with Crippen molar-refractivity contribution < 1.29 is 0 Å². The second-order valence-corrected chi connectivity index (χ2v) is 4.37. The van der Waals surface area contributed by atoms with Gasteiger partial charge in [0, 0.05) is 4.47 Å². The molecule has 0 heterocycles. The Balaban J connectivity index is 3.14. The van der Waals surface area contributed by atoms with Crippen LogP contribution in [0.1, 0.15) is 0 Å². The van der Waals surface area contributed by atoms with Crippen molar-refractivity contribution in [3.8, 4) is 0 Å². The van der Waals surface area contributed by atoms with Gasteiger partial charge in [-0.3, -0.25) is 0 Å². The third-order valence-electron chi connectivity index (χ3n) is 2.38. The Bertz CT molecular complexity index is 671. The summed E-state index contributed by atoms with van der Waals surface area (Å²) in [5, 5.41) is 4.33. The highest BCUT2D eigenvalue weighted by atomic mass is 79.9. The molecule has 0 radical (unpaired) electrons. The van der Waals surface area contributed by atoms with Gasteiger partial charge in [-0.25, -0.2) is 0 Å². The van der Waals surface area contributed by atoms with Crippen molar-refractivity contribution in [1.29, 1.82) is 0 Å². The largest absolute Gasteiger partial charge is 0.0911 e. The van der Waals surface area contributed by atoms with Crippen LogP contribution in [0.25, 0.3) is 13.2 Å². The summed E-state index contributed by atoms with van der Waals surface area (Å²) in [7, 11) is 0. The molecule has 0 nitrogen and oxygen atoms in total. The van der Waals surface area contributed by atoms with Crippen molar-refractivity contribution in [1.82, 2.24) is 0 Å². The van der Waals surface area contributed by atoms with Gasteiger partial charge in [0.15, 0.2) is 0 Å². The van der Waals surface area contributed by atoms with E-state index in [1.807, 2.05) is 30.3 Å². The van der Waals surface area contributed by atoms with Gasteiger partial charge in [0.05, 0.1) is 0 Å². The molecule has 0 aliphatic heterocycles. The molecule has 74 valence electrons. The van der Waals surface area contributed by atoms with E-state index in [0.717, 1.165) is 25.3 Å². The van der Waals surface area contributed by atoms with Crippen molar-refractivity contribution in [2.24, 2.45) is 0 Å². The molecule has 0 bridgehead atoms. The standard InChI is InChI=1S/C14H11Br/c1-10-5-3-4-6-13(10)14-9-12(15)8-7-11(14)2/h3-9H,1-2H2/b14-13-. The predicted octanol–water partition coefficient (Wildman–Crippen LogP) is 2.56. The van der Waals surface area contributed by atoms with Crippen LogP contribution in [0.5, 0.6) is 0 Å². The molecule has 0 atom stereocenters. The molecule has 15 heavy (non-hydrogen) atoms. The maximum absolute atomic E-state index is 4.03.